The van der Waals surface area contributed by atoms with Crippen molar-refractivity contribution in [3.63, 3.8) is 0 Å². The number of H-pyrrole nitrogens is 1. The fourth-order valence-electron chi connectivity index (χ4n) is 2.79. The SMILES string of the molecule is COc1cc(C=Nn2c(=O)[nH]c3ccccc3c2=O)cc(OC)c1OCC(C)(C)C. The third kappa shape index (κ3) is 4.53. The lowest BCUT2D eigenvalue weighted by atomic mass is 9.99. The van der Waals surface area contributed by atoms with E-state index >= 15 is 0 Å². The molecule has 8 heteroatoms. The van der Waals surface area contributed by atoms with E-state index in [1.54, 1.807) is 36.4 Å². The normalized spacial score (nSPS) is 11.8. The van der Waals surface area contributed by atoms with Crippen LogP contribution in [0.25, 0.3) is 10.9 Å². The van der Waals surface area contributed by atoms with Gasteiger partial charge in [0.2, 0.25) is 5.75 Å². The van der Waals surface area contributed by atoms with E-state index in [-0.39, 0.29) is 5.41 Å². The molecule has 0 aliphatic carbocycles. The summed E-state index contributed by atoms with van der Waals surface area (Å²) in [5.74, 6) is 1.40. The first kappa shape index (κ1) is 21.2. The van der Waals surface area contributed by atoms with Gasteiger partial charge in [0.05, 0.1) is 37.9 Å². The first-order chi connectivity index (χ1) is 14.2. The van der Waals surface area contributed by atoms with E-state index in [0.29, 0.717) is 40.3 Å². The van der Waals surface area contributed by atoms with Crippen molar-refractivity contribution in [3.8, 4) is 17.2 Å². The van der Waals surface area contributed by atoms with E-state index in [1.165, 1.54) is 20.4 Å². The molecule has 0 saturated carbocycles. The number of nitrogens with zero attached hydrogens (tertiary/aromatic N) is 2. The van der Waals surface area contributed by atoms with Gasteiger partial charge in [-0.1, -0.05) is 32.9 Å². The van der Waals surface area contributed by atoms with Gasteiger partial charge in [-0.2, -0.15) is 5.10 Å². The molecule has 0 unspecified atom stereocenters. The summed E-state index contributed by atoms with van der Waals surface area (Å²) < 4.78 is 17.6. The molecular formula is C22H25N3O5. The summed E-state index contributed by atoms with van der Waals surface area (Å²) in [7, 11) is 3.05. The molecule has 0 aliphatic rings. The Morgan fingerprint density at radius 2 is 1.70 bits per heavy atom. The molecular weight excluding hydrogens is 386 g/mol. The van der Waals surface area contributed by atoms with E-state index in [2.05, 4.69) is 30.9 Å². The largest absolute Gasteiger partial charge is 0.493 e. The zero-order valence-corrected chi connectivity index (χ0v) is 17.7. The first-order valence-corrected chi connectivity index (χ1v) is 9.41. The van der Waals surface area contributed by atoms with Crippen LogP contribution < -0.4 is 25.5 Å². The van der Waals surface area contributed by atoms with Gasteiger partial charge in [0.25, 0.3) is 5.56 Å². The monoisotopic (exact) mass is 411 g/mol. The van der Waals surface area contributed by atoms with Crippen molar-refractivity contribution in [3.05, 3.63) is 62.8 Å². The number of nitrogens with one attached hydrogen (secondary N) is 1. The fraction of sp³-hybridized carbons (Fsp3) is 0.318. The zero-order valence-electron chi connectivity index (χ0n) is 17.7. The van der Waals surface area contributed by atoms with E-state index in [4.69, 9.17) is 14.2 Å². The summed E-state index contributed by atoms with van der Waals surface area (Å²) in [4.78, 5) is 27.5. The van der Waals surface area contributed by atoms with Crippen LogP contribution in [0.1, 0.15) is 26.3 Å². The van der Waals surface area contributed by atoms with Gasteiger partial charge in [-0.15, -0.1) is 4.68 Å². The summed E-state index contributed by atoms with van der Waals surface area (Å²) in [6, 6.07) is 10.2. The van der Waals surface area contributed by atoms with Gasteiger partial charge in [-0.25, -0.2) is 4.79 Å². The number of para-hydroxylation sites is 1. The van der Waals surface area contributed by atoms with Crippen molar-refractivity contribution >= 4 is 17.1 Å². The Kier molecular flexibility index (Phi) is 5.96. The van der Waals surface area contributed by atoms with Crippen LogP contribution in [-0.2, 0) is 0 Å². The predicted octanol–water partition coefficient (Wildman–Crippen LogP) is 3.01. The van der Waals surface area contributed by atoms with E-state index in [1.807, 2.05) is 0 Å². The second-order valence-electron chi connectivity index (χ2n) is 7.94. The van der Waals surface area contributed by atoms with Gasteiger partial charge < -0.3 is 19.2 Å². The topological polar surface area (TPSA) is 94.9 Å². The van der Waals surface area contributed by atoms with Crippen molar-refractivity contribution in [1.82, 2.24) is 9.66 Å². The van der Waals surface area contributed by atoms with Crippen LogP contribution in [0.3, 0.4) is 0 Å². The van der Waals surface area contributed by atoms with Crippen molar-refractivity contribution in [2.45, 2.75) is 20.8 Å². The summed E-state index contributed by atoms with van der Waals surface area (Å²) in [6.45, 7) is 6.65. The zero-order chi connectivity index (χ0) is 21.9. The minimum absolute atomic E-state index is 0.0472. The molecule has 30 heavy (non-hydrogen) atoms. The lowest BCUT2D eigenvalue weighted by Crippen LogP contribution is -2.32. The number of aromatic nitrogens is 2. The number of fused-ring (bicyclic) bond motifs is 1. The highest BCUT2D eigenvalue weighted by Gasteiger charge is 2.18. The highest BCUT2D eigenvalue weighted by atomic mass is 16.5. The molecule has 0 saturated heterocycles. The molecule has 1 N–H and O–H groups in total. The lowest BCUT2D eigenvalue weighted by Gasteiger charge is -2.21. The third-order valence-corrected chi connectivity index (χ3v) is 4.24. The van der Waals surface area contributed by atoms with Crippen molar-refractivity contribution in [2.24, 2.45) is 10.5 Å². The summed E-state index contributed by atoms with van der Waals surface area (Å²) in [5.41, 5.74) is -0.142. The smallest absolute Gasteiger partial charge is 0.349 e. The number of benzene rings is 2. The third-order valence-electron chi connectivity index (χ3n) is 4.24. The summed E-state index contributed by atoms with van der Waals surface area (Å²) >= 11 is 0. The molecule has 8 nitrogen and oxygen atoms in total. The Hall–Kier alpha value is -3.55. The Morgan fingerprint density at radius 1 is 1.07 bits per heavy atom. The summed E-state index contributed by atoms with van der Waals surface area (Å²) in [5, 5.41) is 4.45. The van der Waals surface area contributed by atoms with Crippen molar-refractivity contribution < 1.29 is 14.2 Å². The van der Waals surface area contributed by atoms with Gasteiger partial charge in [0.1, 0.15) is 0 Å². The molecule has 0 radical (unpaired) electrons. The first-order valence-electron chi connectivity index (χ1n) is 9.41. The van der Waals surface area contributed by atoms with Crippen molar-refractivity contribution in [2.75, 3.05) is 20.8 Å². The Bertz CT molecular complexity index is 1180. The standard InChI is InChI=1S/C22H25N3O5/c1-22(2,3)13-30-19-17(28-4)10-14(11-18(19)29-5)12-23-25-20(26)15-8-6-7-9-16(15)24-21(25)27/h6-12H,13H2,1-5H3,(H,24,27). The number of ether oxygens (including phenoxy) is 3. The van der Waals surface area contributed by atoms with Crippen LogP contribution in [0, 0.1) is 5.41 Å². The maximum Gasteiger partial charge on any atom is 0.349 e. The molecule has 0 bridgehead atoms. The average molecular weight is 411 g/mol. The van der Waals surface area contributed by atoms with Gasteiger partial charge >= 0.3 is 5.69 Å². The maximum absolute atomic E-state index is 12.6. The minimum atomic E-state index is -0.626. The maximum atomic E-state index is 12.6. The minimum Gasteiger partial charge on any atom is -0.493 e. The second-order valence-corrected chi connectivity index (χ2v) is 7.94. The summed E-state index contributed by atoms with van der Waals surface area (Å²) in [6.07, 6.45) is 1.39. The molecule has 0 spiro atoms. The predicted molar refractivity (Wildman–Crippen MR) is 116 cm³/mol. The van der Waals surface area contributed by atoms with Gasteiger partial charge in [-0.05, 0) is 29.7 Å². The highest BCUT2D eigenvalue weighted by Crippen LogP contribution is 2.39. The fourth-order valence-corrected chi connectivity index (χ4v) is 2.79. The van der Waals surface area contributed by atoms with Crippen molar-refractivity contribution in [1.29, 1.82) is 0 Å². The molecule has 1 heterocycles. The highest BCUT2D eigenvalue weighted by molar-refractivity contribution is 5.82. The lowest BCUT2D eigenvalue weighted by molar-refractivity contribution is 0.184. The Labute approximate surface area is 173 Å². The molecule has 1 aromatic heterocycles. The van der Waals surface area contributed by atoms with E-state index in [0.717, 1.165) is 4.68 Å². The van der Waals surface area contributed by atoms with Crippen LogP contribution >= 0.6 is 0 Å². The number of rotatable bonds is 6. The number of hydrogen-bond donors (Lipinski definition) is 1. The molecule has 3 aromatic rings. The van der Waals surface area contributed by atoms with Gasteiger partial charge in [-0.3, -0.25) is 4.79 Å². The van der Waals surface area contributed by atoms with Crippen LogP contribution in [-0.4, -0.2) is 36.7 Å². The van der Waals surface area contributed by atoms with E-state index < -0.39 is 11.2 Å². The molecule has 0 fully saturated rings. The second kappa shape index (κ2) is 8.44. The number of hydrogen-bond acceptors (Lipinski definition) is 6. The van der Waals surface area contributed by atoms with Crippen LogP contribution in [0.15, 0.2) is 51.1 Å². The Balaban J connectivity index is 2.01. The van der Waals surface area contributed by atoms with Crippen LogP contribution in [0.2, 0.25) is 0 Å². The molecule has 0 aliphatic heterocycles. The van der Waals surface area contributed by atoms with Crippen LogP contribution in [0.5, 0.6) is 17.2 Å². The number of methoxy groups -OCH3 is 2. The molecule has 3 rings (SSSR count). The van der Waals surface area contributed by atoms with Crippen LogP contribution in [0.4, 0.5) is 0 Å². The molecule has 158 valence electrons. The average Bonchev–Trinajstić information content (AvgIpc) is 2.71. The molecule has 2 aromatic carbocycles. The molecule has 0 amide bonds. The van der Waals surface area contributed by atoms with E-state index in [9.17, 15) is 9.59 Å². The number of aromatic amines is 1. The van der Waals surface area contributed by atoms with Gasteiger partial charge in [0, 0.05) is 5.56 Å². The molecule has 0 atom stereocenters. The van der Waals surface area contributed by atoms with Gasteiger partial charge in [0.15, 0.2) is 11.5 Å². The Morgan fingerprint density at radius 3 is 2.30 bits per heavy atom. The quantitative estimate of drug-likeness (QED) is 0.629.